The second-order valence-corrected chi connectivity index (χ2v) is 5.32. The van der Waals surface area contributed by atoms with Crippen LogP contribution in [-0.4, -0.2) is 41.3 Å². The van der Waals surface area contributed by atoms with Gasteiger partial charge in [-0.3, -0.25) is 0 Å². The number of aryl methyl sites for hydroxylation is 1. The molecular weight excluding hydrogens is 236 g/mol. The molecular formula is C15H20N4. The molecule has 0 saturated heterocycles. The number of hydrogen-bond donors (Lipinski definition) is 1. The van der Waals surface area contributed by atoms with Gasteiger partial charge in [-0.2, -0.15) is 5.10 Å². The maximum Gasteiger partial charge on any atom is 0.156 e. The molecule has 0 atom stereocenters. The first kappa shape index (κ1) is 12.4. The fraction of sp³-hybridized carbons (Fsp3) is 0.467. The van der Waals surface area contributed by atoms with E-state index in [1.165, 1.54) is 18.2 Å². The van der Waals surface area contributed by atoms with Gasteiger partial charge in [0.05, 0.1) is 5.69 Å². The Balaban J connectivity index is 1.72. The molecule has 100 valence electrons. The number of anilines is 1. The van der Waals surface area contributed by atoms with Gasteiger partial charge in [0.2, 0.25) is 0 Å². The molecule has 1 saturated carbocycles. The molecule has 2 aromatic rings. The zero-order valence-corrected chi connectivity index (χ0v) is 11.6. The summed E-state index contributed by atoms with van der Waals surface area (Å²) in [5.41, 5.74) is 0.983. The molecule has 1 heterocycles. The molecule has 0 unspecified atom stereocenters. The smallest absolute Gasteiger partial charge is 0.156 e. The zero-order chi connectivity index (χ0) is 13.2. The third-order valence-corrected chi connectivity index (χ3v) is 3.80. The van der Waals surface area contributed by atoms with Gasteiger partial charge in [-0.15, -0.1) is 5.10 Å². The van der Waals surface area contributed by atoms with Gasteiger partial charge >= 0.3 is 0 Å². The highest BCUT2D eigenvalue weighted by Crippen LogP contribution is 2.25. The van der Waals surface area contributed by atoms with E-state index in [2.05, 4.69) is 39.6 Å². The van der Waals surface area contributed by atoms with Crippen LogP contribution in [-0.2, 0) is 0 Å². The van der Waals surface area contributed by atoms with Crippen molar-refractivity contribution in [3.63, 3.8) is 0 Å². The average molecular weight is 256 g/mol. The van der Waals surface area contributed by atoms with Gasteiger partial charge in [0.15, 0.2) is 5.82 Å². The molecule has 3 rings (SSSR count). The summed E-state index contributed by atoms with van der Waals surface area (Å²) >= 11 is 0. The molecule has 4 nitrogen and oxygen atoms in total. The summed E-state index contributed by atoms with van der Waals surface area (Å²) in [5.74, 6) is 0.894. The second-order valence-electron chi connectivity index (χ2n) is 5.32. The molecule has 4 heteroatoms. The van der Waals surface area contributed by atoms with Gasteiger partial charge in [0, 0.05) is 29.9 Å². The molecule has 1 aromatic carbocycles. The largest absolute Gasteiger partial charge is 0.367 e. The van der Waals surface area contributed by atoms with Crippen molar-refractivity contribution < 1.29 is 0 Å². The predicted molar refractivity (Wildman–Crippen MR) is 78.4 cm³/mol. The molecule has 1 aromatic heterocycles. The van der Waals surface area contributed by atoms with Crippen LogP contribution in [0.15, 0.2) is 24.3 Å². The van der Waals surface area contributed by atoms with E-state index in [9.17, 15) is 0 Å². The highest BCUT2D eigenvalue weighted by Gasteiger charge is 2.25. The van der Waals surface area contributed by atoms with Crippen molar-refractivity contribution in [3.05, 3.63) is 30.0 Å². The Bertz CT molecular complexity index is 577. The molecule has 1 aliphatic carbocycles. The van der Waals surface area contributed by atoms with Crippen molar-refractivity contribution in [2.75, 3.05) is 25.5 Å². The number of likely N-dealkylation sites (N-methyl/N-ethyl adjacent to an activating group) is 1. The van der Waals surface area contributed by atoms with E-state index in [1.807, 2.05) is 19.1 Å². The van der Waals surface area contributed by atoms with Crippen LogP contribution >= 0.6 is 0 Å². The molecule has 1 aliphatic rings. The molecule has 0 radical (unpaired) electrons. The highest BCUT2D eigenvalue weighted by molar-refractivity contribution is 5.92. The quantitative estimate of drug-likeness (QED) is 0.892. The van der Waals surface area contributed by atoms with Crippen LogP contribution in [0.1, 0.15) is 18.5 Å². The Hall–Kier alpha value is -1.68. The molecule has 0 spiro atoms. The standard InChI is InChI=1S/C15H20N4/c1-11-13-5-3-4-6-14(13)15(18-17-11)16-9-10-19(2)12-7-8-12/h3-6,12H,7-10H2,1-2H3,(H,16,18). The lowest BCUT2D eigenvalue weighted by atomic mass is 10.1. The van der Waals surface area contributed by atoms with E-state index < -0.39 is 0 Å². The van der Waals surface area contributed by atoms with E-state index >= 15 is 0 Å². The van der Waals surface area contributed by atoms with Gasteiger partial charge in [-0.1, -0.05) is 24.3 Å². The Kier molecular flexibility index (Phi) is 3.34. The monoisotopic (exact) mass is 256 g/mol. The number of aromatic nitrogens is 2. The lowest BCUT2D eigenvalue weighted by Gasteiger charge is -2.16. The van der Waals surface area contributed by atoms with Crippen molar-refractivity contribution >= 4 is 16.6 Å². The van der Waals surface area contributed by atoms with Crippen LogP contribution in [0.2, 0.25) is 0 Å². The van der Waals surface area contributed by atoms with Crippen LogP contribution < -0.4 is 5.32 Å². The van der Waals surface area contributed by atoms with Gasteiger partial charge in [0.1, 0.15) is 0 Å². The summed E-state index contributed by atoms with van der Waals surface area (Å²) in [6, 6.07) is 9.10. The first-order chi connectivity index (χ1) is 9.25. The number of fused-ring (bicyclic) bond motifs is 1. The molecule has 0 bridgehead atoms. The van der Waals surface area contributed by atoms with E-state index in [-0.39, 0.29) is 0 Å². The van der Waals surface area contributed by atoms with Gasteiger partial charge < -0.3 is 10.2 Å². The topological polar surface area (TPSA) is 41.1 Å². The Labute approximate surface area is 113 Å². The van der Waals surface area contributed by atoms with E-state index in [0.29, 0.717) is 0 Å². The van der Waals surface area contributed by atoms with Crippen LogP contribution in [0.4, 0.5) is 5.82 Å². The van der Waals surface area contributed by atoms with Crippen molar-refractivity contribution in [3.8, 4) is 0 Å². The number of rotatable bonds is 5. The maximum atomic E-state index is 4.28. The molecule has 1 N–H and O–H groups in total. The molecule has 0 amide bonds. The molecule has 19 heavy (non-hydrogen) atoms. The summed E-state index contributed by atoms with van der Waals surface area (Å²) in [5, 5.41) is 14.3. The van der Waals surface area contributed by atoms with Crippen molar-refractivity contribution in [1.29, 1.82) is 0 Å². The first-order valence-electron chi connectivity index (χ1n) is 6.92. The highest BCUT2D eigenvalue weighted by atomic mass is 15.2. The summed E-state index contributed by atoms with van der Waals surface area (Å²) in [7, 11) is 2.19. The lowest BCUT2D eigenvalue weighted by molar-refractivity contribution is 0.337. The van der Waals surface area contributed by atoms with Crippen molar-refractivity contribution in [2.45, 2.75) is 25.8 Å². The van der Waals surface area contributed by atoms with Crippen LogP contribution in [0.3, 0.4) is 0 Å². The zero-order valence-electron chi connectivity index (χ0n) is 11.6. The summed E-state index contributed by atoms with van der Waals surface area (Å²) in [4.78, 5) is 2.41. The van der Waals surface area contributed by atoms with Crippen LogP contribution in [0.25, 0.3) is 10.8 Å². The van der Waals surface area contributed by atoms with E-state index in [4.69, 9.17) is 0 Å². The molecule has 1 fully saturated rings. The number of benzene rings is 1. The summed E-state index contributed by atoms with van der Waals surface area (Å²) in [6.45, 7) is 3.96. The first-order valence-corrected chi connectivity index (χ1v) is 6.92. The minimum atomic E-state index is 0.808. The second kappa shape index (κ2) is 5.13. The van der Waals surface area contributed by atoms with E-state index in [1.54, 1.807) is 0 Å². The fourth-order valence-corrected chi connectivity index (χ4v) is 2.42. The fourth-order valence-electron chi connectivity index (χ4n) is 2.42. The van der Waals surface area contributed by atoms with Crippen LogP contribution in [0, 0.1) is 6.92 Å². The Morgan fingerprint density at radius 3 is 2.68 bits per heavy atom. The van der Waals surface area contributed by atoms with Crippen molar-refractivity contribution in [1.82, 2.24) is 15.1 Å². The molecule has 0 aliphatic heterocycles. The lowest BCUT2D eigenvalue weighted by Crippen LogP contribution is -2.27. The summed E-state index contributed by atoms with van der Waals surface area (Å²) < 4.78 is 0. The van der Waals surface area contributed by atoms with Crippen LogP contribution in [0.5, 0.6) is 0 Å². The Morgan fingerprint density at radius 1 is 1.21 bits per heavy atom. The third-order valence-electron chi connectivity index (χ3n) is 3.80. The van der Waals surface area contributed by atoms with Crippen molar-refractivity contribution in [2.24, 2.45) is 0 Å². The number of hydrogen-bond acceptors (Lipinski definition) is 4. The third kappa shape index (κ3) is 2.68. The average Bonchev–Trinajstić information content (AvgIpc) is 3.26. The maximum absolute atomic E-state index is 4.28. The Morgan fingerprint density at radius 2 is 1.95 bits per heavy atom. The number of nitrogens with zero attached hydrogens (tertiary/aromatic N) is 3. The predicted octanol–water partition coefficient (Wildman–Crippen LogP) is 2.44. The van der Waals surface area contributed by atoms with Gasteiger partial charge in [-0.05, 0) is 26.8 Å². The SMILES string of the molecule is Cc1nnc(NCCN(C)C2CC2)c2ccccc12. The van der Waals surface area contributed by atoms with Gasteiger partial charge in [0.25, 0.3) is 0 Å². The number of nitrogens with one attached hydrogen (secondary N) is 1. The van der Waals surface area contributed by atoms with Gasteiger partial charge in [-0.25, -0.2) is 0 Å². The normalized spacial score (nSPS) is 15.1. The minimum Gasteiger partial charge on any atom is -0.367 e. The minimum absolute atomic E-state index is 0.808. The summed E-state index contributed by atoms with van der Waals surface area (Å²) in [6.07, 6.45) is 2.70. The van der Waals surface area contributed by atoms with E-state index in [0.717, 1.165) is 36.0 Å².